The Kier molecular flexibility index (Phi) is 14.1. The van der Waals surface area contributed by atoms with Crippen molar-refractivity contribution in [1.82, 2.24) is 19.6 Å². The van der Waals surface area contributed by atoms with Crippen LogP contribution in [-0.2, 0) is 0 Å². The minimum absolute atomic E-state index is 0.684. The van der Waals surface area contributed by atoms with Crippen molar-refractivity contribution in [3.05, 3.63) is 0 Å². The van der Waals surface area contributed by atoms with Gasteiger partial charge in [-0.3, -0.25) is 0 Å². The van der Waals surface area contributed by atoms with Crippen molar-refractivity contribution < 1.29 is 0 Å². The Hall–Kier alpha value is -0.160. The minimum Gasteiger partial charge on any atom is -0.309 e. The van der Waals surface area contributed by atoms with E-state index in [4.69, 9.17) is 0 Å². The molecule has 0 radical (unpaired) electrons. The average Bonchev–Trinajstić information content (AvgIpc) is 2.54. The third-order valence-corrected chi connectivity index (χ3v) is 4.60. The first-order chi connectivity index (χ1) is 11.0. The summed E-state index contributed by atoms with van der Waals surface area (Å²) in [6.07, 6.45) is 2.61. The summed E-state index contributed by atoms with van der Waals surface area (Å²) in [4.78, 5) is 10.1. The Morgan fingerprint density at radius 2 is 1.26 bits per heavy atom. The first kappa shape index (κ1) is 22.8. The smallest absolute Gasteiger partial charge is 0.0110 e. The highest BCUT2D eigenvalue weighted by atomic mass is 15.3. The van der Waals surface area contributed by atoms with Gasteiger partial charge in [0.2, 0.25) is 0 Å². The predicted molar refractivity (Wildman–Crippen MR) is 104 cm³/mol. The third kappa shape index (κ3) is 11.1. The van der Waals surface area contributed by atoms with Crippen LogP contribution in [0.2, 0.25) is 0 Å². The van der Waals surface area contributed by atoms with Crippen molar-refractivity contribution in [2.75, 3.05) is 73.0 Å². The maximum absolute atomic E-state index is 2.65. The van der Waals surface area contributed by atoms with Crippen LogP contribution in [0.15, 0.2) is 0 Å². The van der Waals surface area contributed by atoms with E-state index >= 15 is 0 Å². The van der Waals surface area contributed by atoms with Crippen molar-refractivity contribution in [1.29, 1.82) is 0 Å². The minimum atomic E-state index is 0.684. The van der Waals surface area contributed by atoms with E-state index in [9.17, 15) is 0 Å². The topological polar surface area (TPSA) is 13.0 Å². The predicted octanol–water partition coefficient (Wildman–Crippen LogP) is 2.70. The summed E-state index contributed by atoms with van der Waals surface area (Å²) < 4.78 is 0. The van der Waals surface area contributed by atoms with Gasteiger partial charge < -0.3 is 19.6 Å². The Balaban J connectivity index is 0.00000232. The van der Waals surface area contributed by atoms with Crippen LogP contribution < -0.4 is 0 Å². The van der Waals surface area contributed by atoms with E-state index in [1.807, 2.05) is 13.8 Å². The van der Waals surface area contributed by atoms with Crippen LogP contribution in [0.1, 0.15) is 47.5 Å². The van der Waals surface area contributed by atoms with Crippen molar-refractivity contribution in [3.63, 3.8) is 0 Å². The summed E-state index contributed by atoms with van der Waals surface area (Å²) in [6, 6.07) is 0.684. The first-order valence-corrected chi connectivity index (χ1v) is 9.86. The summed E-state index contributed by atoms with van der Waals surface area (Å²) in [6.45, 7) is 22.1. The summed E-state index contributed by atoms with van der Waals surface area (Å²) in [5.41, 5.74) is 0. The summed E-state index contributed by atoms with van der Waals surface area (Å²) in [5.74, 6) is 0. The fourth-order valence-electron chi connectivity index (χ4n) is 3.13. The van der Waals surface area contributed by atoms with E-state index in [2.05, 4.69) is 54.5 Å². The Morgan fingerprint density at radius 3 is 1.61 bits per heavy atom. The molecule has 0 amide bonds. The van der Waals surface area contributed by atoms with Gasteiger partial charge in [0, 0.05) is 32.2 Å². The van der Waals surface area contributed by atoms with E-state index in [1.165, 1.54) is 71.7 Å². The fourth-order valence-corrected chi connectivity index (χ4v) is 3.13. The highest BCUT2D eigenvalue weighted by Crippen LogP contribution is 2.05. The number of hydrogen-bond donors (Lipinski definition) is 0. The number of piperazine rings is 1. The second-order valence-electron chi connectivity index (χ2n) is 6.92. The van der Waals surface area contributed by atoms with Crippen LogP contribution in [0.25, 0.3) is 0 Å². The quantitative estimate of drug-likeness (QED) is 0.611. The van der Waals surface area contributed by atoms with Gasteiger partial charge >= 0.3 is 0 Å². The molecule has 1 aliphatic heterocycles. The zero-order chi connectivity index (χ0) is 17.7. The number of hydrogen-bond acceptors (Lipinski definition) is 4. The molecule has 0 aromatic carbocycles. The molecule has 0 aromatic rings. The summed E-state index contributed by atoms with van der Waals surface area (Å²) in [7, 11) is 4.32. The molecule has 1 heterocycles. The molecule has 1 rings (SSSR count). The SMILES string of the molecule is CC.CCN(CCCN1CCN(CCCN(C)C)CC1)C(C)C. The molecule has 0 atom stereocenters. The molecule has 140 valence electrons. The van der Waals surface area contributed by atoms with E-state index < -0.39 is 0 Å². The Morgan fingerprint density at radius 1 is 0.826 bits per heavy atom. The van der Waals surface area contributed by atoms with Gasteiger partial charge in [-0.15, -0.1) is 0 Å². The number of rotatable bonds is 10. The van der Waals surface area contributed by atoms with Gasteiger partial charge in [-0.25, -0.2) is 0 Å². The van der Waals surface area contributed by atoms with Crippen molar-refractivity contribution >= 4 is 0 Å². The normalized spacial score (nSPS) is 17.0. The molecule has 4 heteroatoms. The van der Waals surface area contributed by atoms with Gasteiger partial charge in [0.25, 0.3) is 0 Å². The lowest BCUT2D eigenvalue weighted by atomic mass is 10.2. The third-order valence-electron chi connectivity index (χ3n) is 4.60. The lowest BCUT2D eigenvalue weighted by Crippen LogP contribution is -2.47. The maximum Gasteiger partial charge on any atom is 0.0110 e. The first-order valence-electron chi connectivity index (χ1n) is 9.86. The highest BCUT2D eigenvalue weighted by Gasteiger charge is 2.16. The fraction of sp³-hybridized carbons (Fsp3) is 1.00. The molecular weight excluding hydrogens is 284 g/mol. The van der Waals surface area contributed by atoms with Gasteiger partial charge in [-0.2, -0.15) is 0 Å². The zero-order valence-electron chi connectivity index (χ0n) is 17.1. The van der Waals surface area contributed by atoms with Crippen LogP contribution in [0.3, 0.4) is 0 Å². The van der Waals surface area contributed by atoms with Crippen LogP contribution in [0.4, 0.5) is 0 Å². The second-order valence-corrected chi connectivity index (χ2v) is 6.92. The molecule has 1 aliphatic rings. The molecule has 1 saturated heterocycles. The molecular formula is C19H44N4. The average molecular weight is 329 g/mol. The molecule has 0 spiro atoms. The van der Waals surface area contributed by atoms with Crippen molar-refractivity contribution in [2.45, 2.75) is 53.5 Å². The van der Waals surface area contributed by atoms with Gasteiger partial charge in [0.05, 0.1) is 0 Å². The van der Waals surface area contributed by atoms with Crippen molar-refractivity contribution in [2.24, 2.45) is 0 Å². The summed E-state index contributed by atoms with van der Waals surface area (Å²) in [5, 5.41) is 0. The van der Waals surface area contributed by atoms with E-state index in [1.54, 1.807) is 0 Å². The van der Waals surface area contributed by atoms with E-state index in [0.29, 0.717) is 6.04 Å². The van der Waals surface area contributed by atoms with E-state index in [0.717, 1.165) is 0 Å². The molecule has 1 fully saturated rings. The lowest BCUT2D eigenvalue weighted by molar-refractivity contribution is 0.121. The van der Waals surface area contributed by atoms with E-state index in [-0.39, 0.29) is 0 Å². The molecule has 0 N–H and O–H groups in total. The second kappa shape index (κ2) is 14.2. The number of nitrogens with zero attached hydrogens (tertiary/aromatic N) is 4. The zero-order valence-corrected chi connectivity index (χ0v) is 17.1. The van der Waals surface area contributed by atoms with Crippen LogP contribution in [-0.4, -0.2) is 98.6 Å². The highest BCUT2D eigenvalue weighted by molar-refractivity contribution is 4.73. The lowest BCUT2D eigenvalue weighted by Gasteiger charge is -2.35. The molecule has 0 aromatic heterocycles. The molecule has 0 aliphatic carbocycles. The summed E-state index contributed by atoms with van der Waals surface area (Å²) >= 11 is 0. The van der Waals surface area contributed by atoms with Crippen LogP contribution in [0, 0.1) is 0 Å². The molecule has 4 nitrogen and oxygen atoms in total. The largest absolute Gasteiger partial charge is 0.309 e. The van der Waals surface area contributed by atoms with Crippen LogP contribution >= 0.6 is 0 Å². The van der Waals surface area contributed by atoms with Gasteiger partial charge in [0.15, 0.2) is 0 Å². The van der Waals surface area contributed by atoms with Gasteiger partial charge in [0.1, 0.15) is 0 Å². The molecule has 0 saturated carbocycles. The van der Waals surface area contributed by atoms with Gasteiger partial charge in [-0.1, -0.05) is 20.8 Å². The molecule has 23 heavy (non-hydrogen) atoms. The van der Waals surface area contributed by atoms with Crippen LogP contribution in [0.5, 0.6) is 0 Å². The molecule has 0 bridgehead atoms. The van der Waals surface area contributed by atoms with Crippen molar-refractivity contribution in [3.8, 4) is 0 Å². The Bertz CT molecular complexity index is 248. The molecule has 0 unspecified atom stereocenters. The standard InChI is InChI=1S/C17H38N4.C2H6/c1-6-21(17(2)3)12-8-11-20-15-13-19(14-16-20)10-7-9-18(4)5;1-2/h17H,6-16H2,1-5H3;1-2H3. The van der Waals surface area contributed by atoms with Gasteiger partial charge in [-0.05, 0) is 73.5 Å². The monoisotopic (exact) mass is 328 g/mol. The Labute approximate surface area is 146 Å². The maximum atomic E-state index is 2.65.